The standard InChI is InChI=1S/C8H5BrN2O/c1-2-8(12)11-7-3-4-10-5-6(7)9/h1,3-5H,(H,10,11,12). The molecule has 4 heteroatoms. The largest absolute Gasteiger partial charge is 0.314 e. The summed E-state index contributed by atoms with van der Waals surface area (Å²) in [7, 11) is 0. The molecule has 0 aromatic carbocycles. The van der Waals surface area contributed by atoms with Gasteiger partial charge in [0.25, 0.3) is 5.91 Å². The maximum atomic E-state index is 10.7. The van der Waals surface area contributed by atoms with E-state index in [0.717, 1.165) is 0 Å². The van der Waals surface area contributed by atoms with Crippen LogP contribution in [-0.4, -0.2) is 10.9 Å². The molecule has 0 aliphatic heterocycles. The smallest absolute Gasteiger partial charge is 0.300 e. The molecule has 0 atom stereocenters. The Morgan fingerprint density at radius 1 is 1.75 bits per heavy atom. The van der Waals surface area contributed by atoms with Gasteiger partial charge < -0.3 is 5.32 Å². The van der Waals surface area contributed by atoms with Crippen molar-refractivity contribution in [2.24, 2.45) is 0 Å². The maximum Gasteiger partial charge on any atom is 0.300 e. The first-order chi connectivity index (χ1) is 5.74. The van der Waals surface area contributed by atoms with E-state index < -0.39 is 5.91 Å². The summed E-state index contributed by atoms with van der Waals surface area (Å²) in [5.41, 5.74) is 0.618. The van der Waals surface area contributed by atoms with Crippen LogP contribution in [0.4, 0.5) is 5.69 Å². The summed E-state index contributed by atoms with van der Waals surface area (Å²) in [4.78, 5) is 14.6. The van der Waals surface area contributed by atoms with Crippen LogP contribution in [0.2, 0.25) is 0 Å². The van der Waals surface area contributed by atoms with Crippen molar-refractivity contribution in [3.63, 3.8) is 0 Å². The summed E-state index contributed by atoms with van der Waals surface area (Å²) in [6.07, 6.45) is 8.02. The first kappa shape index (κ1) is 8.75. The molecule has 0 saturated carbocycles. The van der Waals surface area contributed by atoms with Crippen LogP contribution in [0.3, 0.4) is 0 Å². The second-order valence-corrected chi connectivity index (χ2v) is 2.81. The van der Waals surface area contributed by atoms with Gasteiger partial charge in [0.05, 0.1) is 10.2 Å². The number of carbonyl (C=O) groups excluding carboxylic acids is 1. The topological polar surface area (TPSA) is 42.0 Å². The van der Waals surface area contributed by atoms with Gasteiger partial charge >= 0.3 is 0 Å². The molecular weight excluding hydrogens is 220 g/mol. The molecule has 60 valence electrons. The highest BCUT2D eigenvalue weighted by molar-refractivity contribution is 9.10. The molecule has 3 nitrogen and oxygen atoms in total. The number of terminal acetylenes is 1. The van der Waals surface area contributed by atoms with E-state index in [0.29, 0.717) is 10.2 Å². The Morgan fingerprint density at radius 2 is 2.50 bits per heavy atom. The fraction of sp³-hybridized carbons (Fsp3) is 0. The minimum atomic E-state index is -0.470. The van der Waals surface area contributed by atoms with E-state index in [9.17, 15) is 4.79 Å². The number of anilines is 1. The molecule has 0 fully saturated rings. The Balaban J connectivity index is 2.84. The third-order valence-corrected chi connectivity index (χ3v) is 1.78. The highest BCUT2D eigenvalue weighted by Crippen LogP contribution is 2.19. The van der Waals surface area contributed by atoms with Gasteiger partial charge in [-0.25, -0.2) is 0 Å². The highest BCUT2D eigenvalue weighted by atomic mass is 79.9. The highest BCUT2D eigenvalue weighted by Gasteiger charge is 2.00. The van der Waals surface area contributed by atoms with Gasteiger partial charge in [0, 0.05) is 12.4 Å². The Labute approximate surface area is 78.3 Å². The molecule has 0 radical (unpaired) electrons. The predicted molar refractivity (Wildman–Crippen MR) is 49.4 cm³/mol. The summed E-state index contributed by atoms with van der Waals surface area (Å²) in [5.74, 6) is 1.48. The molecule has 12 heavy (non-hydrogen) atoms. The molecule has 1 heterocycles. The van der Waals surface area contributed by atoms with Crippen LogP contribution in [0, 0.1) is 12.3 Å². The van der Waals surface area contributed by atoms with E-state index in [2.05, 4.69) is 26.2 Å². The fourth-order valence-electron chi connectivity index (χ4n) is 0.635. The van der Waals surface area contributed by atoms with E-state index in [1.807, 2.05) is 5.92 Å². The van der Waals surface area contributed by atoms with Crippen molar-refractivity contribution in [2.45, 2.75) is 0 Å². The molecular formula is C8H5BrN2O. The number of rotatable bonds is 1. The third-order valence-electron chi connectivity index (χ3n) is 1.15. The van der Waals surface area contributed by atoms with E-state index in [-0.39, 0.29) is 0 Å². The molecule has 1 aromatic heterocycles. The summed E-state index contributed by atoms with van der Waals surface area (Å²) in [6, 6.07) is 1.65. The first-order valence-corrected chi connectivity index (χ1v) is 3.90. The number of pyridine rings is 1. The van der Waals surface area contributed by atoms with Crippen LogP contribution >= 0.6 is 15.9 Å². The van der Waals surface area contributed by atoms with Gasteiger partial charge in [0.15, 0.2) is 0 Å². The van der Waals surface area contributed by atoms with Gasteiger partial charge in [0.2, 0.25) is 0 Å². The zero-order valence-electron chi connectivity index (χ0n) is 6.04. The Kier molecular flexibility index (Phi) is 2.83. The zero-order chi connectivity index (χ0) is 8.97. The third kappa shape index (κ3) is 2.07. The number of halogens is 1. The average molecular weight is 225 g/mol. The van der Waals surface area contributed by atoms with Crippen LogP contribution in [0.1, 0.15) is 0 Å². The van der Waals surface area contributed by atoms with Crippen molar-refractivity contribution in [3.8, 4) is 12.3 Å². The summed E-state index contributed by atoms with van der Waals surface area (Å²) in [6.45, 7) is 0. The van der Waals surface area contributed by atoms with Gasteiger partial charge in [-0.05, 0) is 27.9 Å². The van der Waals surface area contributed by atoms with Gasteiger partial charge in [0.1, 0.15) is 0 Å². The SMILES string of the molecule is C#CC(=O)Nc1ccncc1Br. The zero-order valence-corrected chi connectivity index (χ0v) is 7.63. The molecule has 1 rings (SSSR count). The molecule has 0 bridgehead atoms. The second-order valence-electron chi connectivity index (χ2n) is 1.95. The van der Waals surface area contributed by atoms with E-state index in [4.69, 9.17) is 6.42 Å². The fourth-order valence-corrected chi connectivity index (χ4v) is 0.984. The second kappa shape index (κ2) is 3.88. The molecule has 1 N–H and O–H groups in total. The van der Waals surface area contributed by atoms with Gasteiger partial charge in [-0.2, -0.15) is 0 Å². The van der Waals surface area contributed by atoms with Crippen molar-refractivity contribution in [2.75, 3.05) is 5.32 Å². The predicted octanol–water partition coefficient (Wildman–Crippen LogP) is 1.42. The van der Waals surface area contributed by atoms with E-state index in [1.54, 1.807) is 18.5 Å². The number of amides is 1. The first-order valence-electron chi connectivity index (χ1n) is 3.11. The van der Waals surface area contributed by atoms with Gasteiger partial charge in [-0.1, -0.05) is 0 Å². The number of hydrogen-bond donors (Lipinski definition) is 1. The average Bonchev–Trinajstić information content (AvgIpc) is 2.09. The van der Waals surface area contributed by atoms with E-state index in [1.165, 1.54) is 0 Å². The van der Waals surface area contributed by atoms with Crippen molar-refractivity contribution in [3.05, 3.63) is 22.9 Å². The quantitative estimate of drug-likeness (QED) is 0.734. The minimum absolute atomic E-state index is 0.470. The minimum Gasteiger partial charge on any atom is -0.314 e. The lowest BCUT2D eigenvalue weighted by molar-refractivity contribution is -0.111. The summed E-state index contributed by atoms with van der Waals surface area (Å²) < 4.78 is 0.702. The normalized spacial score (nSPS) is 8.67. The number of nitrogens with one attached hydrogen (secondary N) is 1. The van der Waals surface area contributed by atoms with Crippen LogP contribution in [0.15, 0.2) is 22.9 Å². The van der Waals surface area contributed by atoms with E-state index >= 15 is 0 Å². The number of nitrogens with zero attached hydrogens (tertiary/aromatic N) is 1. The van der Waals surface area contributed by atoms with Crippen LogP contribution in [0.25, 0.3) is 0 Å². The van der Waals surface area contributed by atoms with Gasteiger partial charge in [-0.15, -0.1) is 6.42 Å². The maximum absolute atomic E-state index is 10.7. The van der Waals surface area contributed by atoms with Crippen LogP contribution in [0.5, 0.6) is 0 Å². The molecule has 0 aliphatic rings. The monoisotopic (exact) mass is 224 g/mol. The van der Waals surface area contributed by atoms with Crippen molar-refractivity contribution < 1.29 is 4.79 Å². The van der Waals surface area contributed by atoms with Crippen molar-refractivity contribution >= 4 is 27.5 Å². The lowest BCUT2D eigenvalue weighted by Crippen LogP contribution is -2.08. The Hall–Kier alpha value is -1.34. The lowest BCUT2D eigenvalue weighted by Gasteiger charge is -2.01. The number of carbonyl (C=O) groups is 1. The van der Waals surface area contributed by atoms with Crippen molar-refractivity contribution in [1.29, 1.82) is 0 Å². The molecule has 1 aromatic rings. The van der Waals surface area contributed by atoms with Crippen molar-refractivity contribution in [1.82, 2.24) is 4.98 Å². The number of aromatic nitrogens is 1. The Bertz CT molecular complexity index is 343. The summed E-state index contributed by atoms with van der Waals surface area (Å²) >= 11 is 3.21. The molecule has 0 spiro atoms. The Morgan fingerprint density at radius 3 is 3.08 bits per heavy atom. The summed E-state index contributed by atoms with van der Waals surface area (Å²) in [5, 5.41) is 2.50. The van der Waals surface area contributed by atoms with Crippen LogP contribution in [-0.2, 0) is 4.79 Å². The number of hydrogen-bond acceptors (Lipinski definition) is 2. The molecule has 0 unspecified atom stereocenters. The molecule has 0 aliphatic carbocycles. The van der Waals surface area contributed by atoms with Gasteiger partial charge in [-0.3, -0.25) is 9.78 Å². The molecule has 1 amide bonds. The van der Waals surface area contributed by atoms with Crippen LogP contribution < -0.4 is 5.32 Å². The molecule has 0 saturated heterocycles. The lowest BCUT2D eigenvalue weighted by atomic mass is 10.4.